The molecule has 0 unspecified atom stereocenters. The topological polar surface area (TPSA) is 84.9 Å². The maximum absolute atomic E-state index is 13.2. The van der Waals surface area contributed by atoms with Crippen LogP contribution in [0, 0.1) is 6.92 Å². The number of anilines is 1. The minimum atomic E-state index is -0.804. The van der Waals surface area contributed by atoms with Crippen LogP contribution in [-0.4, -0.2) is 25.0 Å². The molecular formula is C26H21ClN2O5. The van der Waals surface area contributed by atoms with Gasteiger partial charge in [-0.3, -0.25) is 14.9 Å². The molecule has 1 aliphatic rings. The van der Waals surface area contributed by atoms with Crippen LogP contribution in [0.25, 0.3) is 6.08 Å². The Morgan fingerprint density at radius 3 is 2.41 bits per heavy atom. The van der Waals surface area contributed by atoms with Gasteiger partial charge in [-0.15, -0.1) is 0 Å². The van der Waals surface area contributed by atoms with E-state index in [9.17, 15) is 14.4 Å². The molecule has 172 valence electrons. The van der Waals surface area contributed by atoms with Gasteiger partial charge in [0.25, 0.3) is 11.8 Å². The molecule has 3 aromatic carbocycles. The summed E-state index contributed by atoms with van der Waals surface area (Å²) in [4.78, 5) is 39.1. The molecule has 0 radical (unpaired) electrons. The summed E-state index contributed by atoms with van der Waals surface area (Å²) in [5.41, 5.74) is 2.29. The molecule has 0 aliphatic carbocycles. The monoisotopic (exact) mass is 476 g/mol. The molecule has 1 heterocycles. The Kier molecular flexibility index (Phi) is 6.65. The molecule has 7 nitrogen and oxygen atoms in total. The highest BCUT2D eigenvalue weighted by Gasteiger charge is 2.37. The lowest BCUT2D eigenvalue weighted by Gasteiger charge is -2.27. The lowest BCUT2D eigenvalue weighted by Crippen LogP contribution is -2.54. The van der Waals surface area contributed by atoms with Gasteiger partial charge in [-0.05, 0) is 47.9 Å². The van der Waals surface area contributed by atoms with Crippen molar-refractivity contribution >= 4 is 41.2 Å². The quantitative estimate of drug-likeness (QED) is 0.404. The lowest BCUT2D eigenvalue weighted by atomic mass is 10.1. The number of hydrogen-bond donors (Lipinski definition) is 1. The van der Waals surface area contributed by atoms with Gasteiger partial charge in [0, 0.05) is 0 Å². The van der Waals surface area contributed by atoms with Crippen molar-refractivity contribution in [2.24, 2.45) is 0 Å². The van der Waals surface area contributed by atoms with Crippen LogP contribution in [0.2, 0.25) is 5.02 Å². The van der Waals surface area contributed by atoms with Crippen molar-refractivity contribution in [3.8, 4) is 11.5 Å². The van der Waals surface area contributed by atoms with Gasteiger partial charge >= 0.3 is 6.03 Å². The number of para-hydroxylation sites is 1. The predicted molar refractivity (Wildman–Crippen MR) is 129 cm³/mol. The van der Waals surface area contributed by atoms with Gasteiger partial charge in [0.05, 0.1) is 17.8 Å². The first-order valence-corrected chi connectivity index (χ1v) is 10.8. The van der Waals surface area contributed by atoms with Gasteiger partial charge in [-0.1, -0.05) is 60.1 Å². The molecular weight excluding hydrogens is 456 g/mol. The number of methoxy groups -OCH3 is 1. The maximum atomic E-state index is 13.2. The number of benzene rings is 3. The van der Waals surface area contributed by atoms with Crippen molar-refractivity contribution in [2.75, 3.05) is 12.0 Å². The first-order valence-electron chi connectivity index (χ1n) is 10.4. The van der Waals surface area contributed by atoms with Crippen LogP contribution < -0.4 is 19.7 Å². The summed E-state index contributed by atoms with van der Waals surface area (Å²) in [5, 5.41) is 2.47. The molecule has 1 aliphatic heterocycles. The molecule has 3 aromatic rings. The molecule has 34 heavy (non-hydrogen) atoms. The predicted octanol–water partition coefficient (Wildman–Crippen LogP) is 4.90. The number of barbiturate groups is 1. The Bertz CT molecular complexity index is 1300. The number of rotatable bonds is 6. The number of carbonyl (C=O) groups excluding carboxylic acids is 3. The maximum Gasteiger partial charge on any atom is 0.335 e. The number of amides is 4. The Balaban J connectivity index is 1.66. The highest BCUT2D eigenvalue weighted by molar-refractivity contribution is 6.39. The van der Waals surface area contributed by atoms with Crippen molar-refractivity contribution < 1.29 is 23.9 Å². The van der Waals surface area contributed by atoms with Crippen molar-refractivity contribution in [1.82, 2.24) is 5.32 Å². The molecule has 4 amide bonds. The van der Waals surface area contributed by atoms with Crippen LogP contribution in [0.4, 0.5) is 10.5 Å². The van der Waals surface area contributed by atoms with Crippen LogP contribution in [0.3, 0.4) is 0 Å². The second kappa shape index (κ2) is 9.80. The molecule has 1 saturated heterocycles. The van der Waals surface area contributed by atoms with Gasteiger partial charge < -0.3 is 9.47 Å². The number of nitrogens with one attached hydrogen (secondary N) is 1. The van der Waals surface area contributed by atoms with Crippen LogP contribution in [0.1, 0.15) is 16.7 Å². The number of aryl methyl sites for hydroxylation is 1. The molecule has 0 bridgehead atoms. The van der Waals surface area contributed by atoms with Crippen LogP contribution in [-0.2, 0) is 16.2 Å². The van der Waals surface area contributed by atoms with E-state index in [1.54, 1.807) is 43.3 Å². The zero-order valence-corrected chi connectivity index (χ0v) is 19.3. The minimum Gasteiger partial charge on any atom is -0.493 e. The summed E-state index contributed by atoms with van der Waals surface area (Å²) in [5.74, 6) is -0.848. The zero-order chi connectivity index (χ0) is 24.2. The van der Waals surface area contributed by atoms with E-state index in [-0.39, 0.29) is 17.2 Å². The normalized spacial score (nSPS) is 14.9. The molecule has 0 aromatic heterocycles. The summed E-state index contributed by atoms with van der Waals surface area (Å²) < 4.78 is 11.3. The number of ether oxygens (including phenoxy) is 2. The largest absolute Gasteiger partial charge is 0.493 e. The Morgan fingerprint density at radius 1 is 1.00 bits per heavy atom. The molecule has 1 fully saturated rings. The third-order valence-electron chi connectivity index (χ3n) is 5.25. The van der Waals surface area contributed by atoms with Crippen LogP contribution >= 0.6 is 11.6 Å². The van der Waals surface area contributed by atoms with Crippen molar-refractivity contribution in [1.29, 1.82) is 0 Å². The number of imide groups is 2. The van der Waals surface area contributed by atoms with E-state index >= 15 is 0 Å². The van der Waals surface area contributed by atoms with E-state index in [4.69, 9.17) is 21.1 Å². The number of nitrogens with zero attached hydrogens (tertiary/aromatic N) is 1. The number of hydrogen-bond acceptors (Lipinski definition) is 5. The molecule has 1 N–H and O–H groups in total. The second-order valence-corrected chi connectivity index (χ2v) is 7.96. The fourth-order valence-electron chi connectivity index (χ4n) is 3.55. The van der Waals surface area contributed by atoms with E-state index in [0.717, 1.165) is 10.5 Å². The van der Waals surface area contributed by atoms with Crippen LogP contribution in [0.5, 0.6) is 11.5 Å². The van der Waals surface area contributed by atoms with Crippen molar-refractivity contribution in [2.45, 2.75) is 13.5 Å². The summed E-state index contributed by atoms with van der Waals surface area (Å²) in [7, 11) is 1.47. The van der Waals surface area contributed by atoms with Gasteiger partial charge in [0.1, 0.15) is 12.2 Å². The van der Waals surface area contributed by atoms with Crippen LogP contribution in [0.15, 0.2) is 72.3 Å². The van der Waals surface area contributed by atoms with Gasteiger partial charge in [0.2, 0.25) is 0 Å². The third kappa shape index (κ3) is 4.65. The Morgan fingerprint density at radius 2 is 1.71 bits per heavy atom. The zero-order valence-electron chi connectivity index (χ0n) is 18.5. The van der Waals surface area contributed by atoms with Crippen molar-refractivity contribution in [3.63, 3.8) is 0 Å². The smallest absolute Gasteiger partial charge is 0.335 e. The molecule has 0 saturated carbocycles. The second-order valence-electron chi connectivity index (χ2n) is 7.55. The Labute approximate surface area is 201 Å². The summed E-state index contributed by atoms with van der Waals surface area (Å²) in [6.07, 6.45) is 1.37. The average Bonchev–Trinajstić information content (AvgIpc) is 2.82. The first-order chi connectivity index (χ1) is 16.4. The lowest BCUT2D eigenvalue weighted by molar-refractivity contribution is -0.122. The highest BCUT2D eigenvalue weighted by atomic mass is 35.5. The standard InChI is InChI=1S/C26H21ClN2O5/c1-16-8-6-7-11-21(16)29-25(31)19(24(30)28-26(29)32)12-18-13-20(27)23(22(14-18)33-2)34-15-17-9-4-3-5-10-17/h3-14H,15H2,1-2H3,(H,28,30,32). The van der Waals surface area contributed by atoms with Gasteiger partial charge in [0.15, 0.2) is 11.5 Å². The van der Waals surface area contributed by atoms with E-state index in [0.29, 0.717) is 28.3 Å². The van der Waals surface area contributed by atoms with E-state index in [1.165, 1.54) is 13.2 Å². The summed E-state index contributed by atoms with van der Waals surface area (Å²) in [6, 6.07) is 18.9. The fourth-order valence-corrected chi connectivity index (χ4v) is 3.82. The fraction of sp³-hybridized carbons (Fsp3) is 0.115. The number of halogens is 1. The van der Waals surface area contributed by atoms with E-state index in [2.05, 4.69) is 5.32 Å². The van der Waals surface area contributed by atoms with Gasteiger partial charge in [-0.25, -0.2) is 9.69 Å². The number of urea groups is 1. The first kappa shape index (κ1) is 23.1. The SMILES string of the molecule is COc1cc(C=C2C(=O)NC(=O)N(c3ccccc3C)C2=O)cc(Cl)c1OCc1ccccc1. The van der Waals surface area contributed by atoms with Crippen molar-refractivity contribution in [3.05, 3.63) is 94.0 Å². The van der Waals surface area contributed by atoms with E-state index < -0.39 is 17.8 Å². The molecule has 0 spiro atoms. The summed E-state index contributed by atoms with van der Waals surface area (Å²) in [6.45, 7) is 2.06. The highest BCUT2D eigenvalue weighted by Crippen LogP contribution is 2.38. The molecule has 0 atom stereocenters. The Hall–Kier alpha value is -4.10. The molecule has 8 heteroatoms. The number of carbonyl (C=O) groups is 3. The average molecular weight is 477 g/mol. The third-order valence-corrected chi connectivity index (χ3v) is 5.53. The molecule has 4 rings (SSSR count). The minimum absolute atomic E-state index is 0.209. The van der Waals surface area contributed by atoms with Gasteiger partial charge in [-0.2, -0.15) is 0 Å². The summed E-state index contributed by atoms with van der Waals surface area (Å²) >= 11 is 6.45. The van der Waals surface area contributed by atoms with E-state index in [1.807, 2.05) is 30.3 Å².